The van der Waals surface area contributed by atoms with Crippen molar-refractivity contribution in [2.24, 2.45) is 0 Å². The van der Waals surface area contributed by atoms with E-state index in [0.29, 0.717) is 5.92 Å². The minimum Gasteiger partial charge on any atom is -0.399 e. The van der Waals surface area contributed by atoms with E-state index in [0.717, 1.165) is 18.7 Å². The fourth-order valence-electron chi connectivity index (χ4n) is 4.22. The Morgan fingerprint density at radius 3 is 2.52 bits per heavy atom. The van der Waals surface area contributed by atoms with E-state index in [1.807, 2.05) is 6.07 Å². The zero-order valence-electron chi connectivity index (χ0n) is 16.1. The SMILES string of the molecule is Cc1[nH]c(-c2ccccc2)cc1CCN1CCC(c2cccc(N)c2)CC1. The molecule has 0 spiro atoms. The van der Waals surface area contributed by atoms with Crippen molar-refractivity contribution in [3.63, 3.8) is 0 Å². The number of rotatable bonds is 5. The van der Waals surface area contributed by atoms with E-state index >= 15 is 0 Å². The van der Waals surface area contributed by atoms with Crippen molar-refractivity contribution in [1.29, 1.82) is 0 Å². The van der Waals surface area contributed by atoms with E-state index in [2.05, 4.69) is 71.4 Å². The first-order chi connectivity index (χ1) is 13.2. The van der Waals surface area contributed by atoms with Crippen LogP contribution >= 0.6 is 0 Å². The minimum absolute atomic E-state index is 0.656. The Balaban J connectivity index is 1.32. The molecule has 1 fully saturated rings. The van der Waals surface area contributed by atoms with E-state index in [1.54, 1.807) is 0 Å². The lowest BCUT2D eigenvalue weighted by atomic mass is 9.89. The van der Waals surface area contributed by atoms with Crippen LogP contribution in [0, 0.1) is 6.92 Å². The van der Waals surface area contributed by atoms with Crippen LogP contribution < -0.4 is 5.73 Å². The number of aryl methyl sites for hydroxylation is 1. The van der Waals surface area contributed by atoms with Crippen molar-refractivity contribution < 1.29 is 0 Å². The summed E-state index contributed by atoms with van der Waals surface area (Å²) in [5.41, 5.74) is 13.5. The van der Waals surface area contributed by atoms with Gasteiger partial charge in [-0.25, -0.2) is 0 Å². The van der Waals surface area contributed by atoms with Crippen molar-refractivity contribution >= 4 is 5.69 Å². The first kappa shape index (κ1) is 17.9. The van der Waals surface area contributed by atoms with Gasteiger partial charge < -0.3 is 15.6 Å². The topological polar surface area (TPSA) is 45.0 Å². The number of benzene rings is 2. The van der Waals surface area contributed by atoms with Gasteiger partial charge in [-0.05, 0) is 80.1 Å². The number of nitrogens with zero attached hydrogens (tertiary/aromatic N) is 1. The van der Waals surface area contributed by atoms with Gasteiger partial charge in [-0.2, -0.15) is 0 Å². The molecule has 27 heavy (non-hydrogen) atoms. The van der Waals surface area contributed by atoms with Crippen molar-refractivity contribution in [2.75, 3.05) is 25.4 Å². The molecule has 2 aromatic carbocycles. The molecule has 0 unspecified atom stereocenters. The molecule has 4 rings (SSSR count). The Morgan fingerprint density at radius 2 is 1.78 bits per heavy atom. The molecule has 1 saturated heterocycles. The number of anilines is 1. The summed E-state index contributed by atoms with van der Waals surface area (Å²) in [5, 5.41) is 0. The first-order valence-electron chi connectivity index (χ1n) is 10.0. The van der Waals surface area contributed by atoms with Crippen LogP contribution in [0.15, 0.2) is 60.7 Å². The van der Waals surface area contributed by atoms with Crippen molar-refractivity contribution in [2.45, 2.75) is 32.1 Å². The summed E-state index contributed by atoms with van der Waals surface area (Å²) in [7, 11) is 0. The molecule has 0 amide bonds. The number of aromatic amines is 1. The van der Waals surface area contributed by atoms with Gasteiger partial charge in [0.2, 0.25) is 0 Å². The van der Waals surface area contributed by atoms with E-state index < -0.39 is 0 Å². The smallest absolute Gasteiger partial charge is 0.0458 e. The molecule has 2 heterocycles. The van der Waals surface area contributed by atoms with Gasteiger partial charge in [-0.15, -0.1) is 0 Å². The van der Waals surface area contributed by atoms with Gasteiger partial charge in [-0.1, -0.05) is 42.5 Å². The maximum atomic E-state index is 5.95. The summed E-state index contributed by atoms with van der Waals surface area (Å²) in [5.74, 6) is 0.656. The fourth-order valence-corrected chi connectivity index (χ4v) is 4.22. The summed E-state index contributed by atoms with van der Waals surface area (Å²) >= 11 is 0. The zero-order chi connectivity index (χ0) is 18.6. The molecular formula is C24H29N3. The fraction of sp³-hybridized carbons (Fsp3) is 0.333. The average Bonchev–Trinajstić information content (AvgIpc) is 3.08. The highest BCUT2D eigenvalue weighted by Crippen LogP contribution is 2.29. The lowest BCUT2D eigenvalue weighted by Crippen LogP contribution is -2.34. The van der Waals surface area contributed by atoms with Gasteiger partial charge in [0.15, 0.2) is 0 Å². The van der Waals surface area contributed by atoms with Gasteiger partial charge in [0.1, 0.15) is 0 Å². The van der Waals surface area contributed by atoms with Crippen LogP contribution in [0.1, 0.15) is 35.6 Å². The van der Waals surface area contributed by atoms with Crippen LogP contribution in [0.25, 0.3) is 11.3 Å². The number of likely N-dealkylation sites (tertiary alicyclic amines) is 1. The molecule has 1 aromatic heterocycles. The highest BCUT2D eigenvalue weighted by molar-refractivity contribution is 5.61. The Labute approximate surface area is 162 Å². The predicted molar refractivity (Wildman–Crippen MR) is 114 cm³/mol. The number of H-pyrrole nitrogens is 1. The third-order valence-corrected chi connectivity index (χ3v) is 5.87. The lowest BCUT2D eigenvalue weighted by molar-refractivity contribution is 0.214. The summed E-state index contributed by atoms with van der Waals surface area (Å²) in [4.78, 5) is 6.16. The number of hydrogen-bond acceptors (Lipinski definition) is 2. The Morgan fingerprint density at radius 1 is 1.00 bits per heavy atom. The molecule has 0 aliphatic carbocycles. The number of nitrogens with one attached hydrogen (secondary N) is 1. The van der Waals surface area contributed by atoms with Crippen LogP contribution in [-0.2, 0) is 6.42 Å². The molecule has 0 radical (unpaired) electrons. The number of nitrogen functional groups attached to an aromatic ring is 1. The van der Waals surface area contributed by atoms with Crippen LogP contribution in [0.5, 0.6) is 0 Å². The molecular weight excluding hydrogens is 330 g/mol. The summed E-state index contributed by atoms with van der Waals surface area (Å²) in [6.45, 7) is 5.67. The molecule has 3 nitrogen and oxygen atoms in total. The van der Waals surface area contributed by atoms with Crippen LogP contribution in [0.2, 0.25) is 0 Å². The van der Waals surface area contributed by atoms with Crippen LogP contribution in [-0.4, -0.2) is 29.5 Å². The summed E-state index contributed by atoms with van der Waals surface area (Å²) < 4.78 is 0. The summed E-state index contributed by atoms with van der Waals surface area (Å²) in [6.07, 6.45) is 3.56. The molecule has 3 N–H and O–H groups in total. The number of hydrogen-bond donors (Lipinski definition) is 2. The Hall–Kier alpha value is -2.52. The third-order valence-electron chi connectivity index (χ3n) is 5.87. The van der Waals surface area contributed by atoms with Crippen LogP contribution in [0.3, 0.4) is 0 Å². The molecule has 0 atom stereocenters. The summed E-state index contributed by atoms with van der Waals surface area (Å²) in [6, 6.07) is 21.3. The second kappa shape index (κ2) is 8.01. The Bertz CT molecular complexity index is 874. The number of nitrogens with two attached hydrogens (primary N) is 1. The Kier molecular flexibility index (Phi) is 5.30. The highest BCUT2D eigenvalue weighted by Gasteiger charge is 2.20. The van der Waals surface area contributed by atoms with Gasteiger partial charge in [0.05, 0.1) is 0 Å². The second-order valence-electron chi connectivity index (χ2n) is 7.74. The molecule has 3 heteroatoms. The molecule has 1 aliphatic heterocycles. The normalized spacial score (nSPS) is 15.9. The molecule has 0 bridgehead atoms. The van der Waals surface area contributed by atoms with Crippen molar-refractivity contribution in [3.05, 3.63) is 77.5 Å². The van der Waals surface area contributed by atoms with Gasteiger partial charge in [0.25, 0.3) is 0 Å². The third kappa shape index (κ3) is 4.25. The number of aromatic nitrogens is 1. The first-order valence-corrected chi connectivity index (χ1v) is 10.0. The standard InChI is InChI=1S/C24H29N3/c1-18-21(17-24(26-18)20-6-3-2-4-7-20)12-15-27-13-10-19(11-14-27)22-8-5-9-23(25)16-22/h2-9,16-17,19,26H,10-15,25H2,1H3. The lowest BCUT2D eigenvalue weighted by Gasteiger charge is -2.32. The van der Waals surface area contributed by atoms with Crippen molar-refractivity contribution in [1.82, 2.24) is 9.88 Å². The predicted octanol–water partition coefficient (Wildman–Crippen LogP) is 4.99. The van der Waals surface area contributed by atoms with Gasteiger partial charge in [0, 0.05) is 23.6 Å². The average molecular weight is 360 g/mol. The monoisotopic (exact) mass is 359 g/mol. The molecule has 3 aromatic rings. The van der Waals surface area contributed by atoms with E-state index in [1.165, 1.54) is 54.0 Å². The highest BCUT2D eigenvalue weighted by atomic mass is 15.1. The maximum absolute atomic E-state index is 5.95. The van der Waals surface area contributed by atoms with Crippen LogP contribution in [0.4, 0.5) is 5.69 Å². The largest absolute Gasteiger partial charge is 0.399 e. The zero-order valence-corrected chi connectivity index (χ0v) is 16.1. The molecule has 0 saturated carbocycles. The molecule has 140 valence electrons. The second-order valence-corrected chi connectivity index (χ2v) is 7.74. The maximum Gasteiger partial charge on any atom is 0.0458 e. The number of piperidine rings is 1. The quantitative estimate of drug-likeness (QED) is 0.630. The van der Waals surface area contributed by atoms with Crippen molar-refractivity contribution in [3.8, 4) is 11.3 Å². The van der Waals surface area contributed by atoms with Gasteiger partial charge in [-0.3, -0.25) is 0 Å². The van der Waals surface area contributed by atoms with E-state index in [-0.39, 0.29) is 0 Å². The molecule has 1 aliphatic rings. The van der Waals surface area contributed by atoms with E-state index in [9.17, 15) is 0 Å². The van der Waals surface area contributed by atoms with E-state index in [4.69, 9.17) is 5.73 Å². The minimum atomic E-state index is 0.656. The van der Waals surface area contributed by atoms with Gasteiger partial charge >= 0.3 is 0 Å².